The van der Waals surface area contributed by atoms with Crippen molar-refractivity contribution in [3.63, 3.8) is 0 Å². The summed E-state index contributed by atoms with van der Waals surface area (Å²) in [6.45, 7) is 1.95. The van der Waals surface area contributed by atoms with Gasteiger partial charge in [-0.25, -0.2) is 0 Å². The lowest BCUT2D eigenvalue weighted by atomic mass is 9.97. The average Bonchev–Trinajstić information content (AvgIpc) is 2.70. The predicted molar refractivity (Wildman–Crippen MR) is 114 cm³/mol. The van der Waals surface area contributed by atoms with Gasteiger partial charge in [0.1, 0.15) is 0 Å². The average molecular weight is 384 g/mol. The number of ether oxygens (including phenoxy) is 3. The number of Topliss-reactive ketones (excluding diaryl/α,β-unsaturated/α-hetero) is 1. The lowest BCUT2D eigenvalue weighted by Gasteiger charge is -2.17. The fourth-order valence-electron chi connectivity index (χ4n) is 3.02. The van der Waals surface area contributed by atoms with E-state index in [1.165, 1.54) is 14.2 Å². The van der Waals surface area contributed by atoms with Gasteiger partial charge in [0.25, 0.3) is 0 Å². The molecule has 0 aromatic heterocycles. The second-order valence-electron chi connectivity index (χ2n) is 6.45. The zero-order valence-electron chi connectivity index (χ0n) is 17.3. The fraction of sp³-hybridized carbons (Fsp3) is 0.318. The number of ketones is 1. The summed E-state index contributed by atoms with van der Waals surface area (Å²) in [5.74, 6) is 1.14. The molecule has 0 atom stereocenters. The second-order valence-corrected chi connectivity index (χ2v) is 6.45. The molecule has 0 spiro atoms. The monoisotopic (exact) mass is 384 g/mol. The van der Waals surface area contributed by atoms with Crippen LogP contribution in [0, 0.1) is 0 Å². The SMILES string of the molecule is CCC(=Cc1ccc(N)c(N(C)C)c1)C(=O)c1ccc(OC)c(OC)c1OC. The van der Waals surface area contributed by atoms with Gasteiger partial charge in [0, 0.05) is 19.7 Å². The molecule has 0 aliphatic carbocycles. The summed E-state index contributed by atoms with van der Waals surface area (Å²) in [5, 5.41) is 0. The first-order chi connectivity index (χ1) is 13.4. The minimum absolute atomic E-state index is 0.122. The topological polar surface area (TPSA) is 74.0 Å². The number of carbonyl (C=O) groups is 1. The Bertz CT molecular complexity index is 888. The van der Waals surface area contributed by atoms with E-state index in [0.717, 1.165) is 11.3 Å². The molecule has 0 unspecified atom stereocenters. The number of nitrogens with zero attached hydrogens (tertiary/aromatic N) is 1. The van der Waals surface area contributed by atoms with Crippen LogP contribution in [0.5, 0.6) is 17.2 Å². The number of carbonyl (C=O) groups excluding carboxylic acids is 1. The van der Waals surface area contributed by atoms with Crippen molar-refractivity contribution in [2.75, 3.05) is 46.1 Å². The van der Waals surface area contributed by atoms with E-state index < -0.39 is 0 Å². The maximum atomic E-state index is 13.2. The van der Waals surface area contributed by atoms with E-state index in [4.69, 9.17) is 19.9 Å². The predicted octanol–water partition coefficient (Wildman–Crippen LogP) is 4.04. The van der Waals surface area contributed by atoms with Crippen LogP contribution in [0.25, 0.3) is 6.08 Å². The molecule has 0 saturated heterocycles. The molecule has 0 aliphatic rings. The summed E-state index contributed by atoms with van der Waals surface area (Å²) >= 11 is 0. The summed E-state index contributed by atoms with van der Waals surface area (Å²) in [7, 11) is 8.42. The lowest BCUT2D eigenvalue weighted by Crippen LogP contribution is -2.11. The highest BCUT2D eigenvalue weighted by atomic mass is 16.5. The second kappa shape index (κ2) is 9.17. The molecule has 2 aromatic rings. The van der Waals surface area contributed by atoms with Crippen molar-refractivity contribution in [2.45, 2.75) is 13.3 Å². The van der Waals surface area contributed by atoms with Gasteiger partial charge in [-0.15, -0.1) is 0 Å². The molecule has 0 bridgehead atoms. The summed E-state index contributed by atoms with van der Waals surface area (Å²) in [6, 6.07) is 9.10. The minimum atomic E-state index is -0.122. The first-order valence-corrected chi connectivity index (χ1v) is 8.98. The van der Waals surface area contributed by atoms with Crippen LogP contribution >= 0.6 is 0 Å². The number of benzene rings is 2. The van der Waals surface area contributed by atoms with Crippen LogP contribution in [0.4, 0.5) is 11.4 Å². The highest BCUT2D eigenvalue weighted by Gasteiger charge is 2.22. The van der Waals surface area contributed by atoms with Gasteiger partial charge in [-0.3, -0.25) is 4.79 Å². The standard InChI is InChI=1S/C22H28N2O4/c1-7-15(12-14-8-10-17(23)18(13-14)24(2)3)20(25)16-9-11-19(26-4)22(28-6)21(16)27-5/h8-13H,7,23H2,1-6H3. The highest BCUT2D eigenvalue weighted by Crippen LogP contribution is 2.40. The maximum Gasteiger partial charge on any atom is 0.204 e. The molecule has 2 aromatic carbocycles. The summed E-state index contributed by atoms with van der Waals surface area (Å²) in [5.41, 5.74) is 9.61. The number of hydrogen-bond acceptors (Lipinski definition) is 6. The van der Waals surface area contributed by atoms with E-state index in [9.17, 15) is 4.79 Å². The number of methoxy groups -OCH3 is 3. The minimum Gasteiger partial charge on any atom is -0.493 e. The first kappa shape index (κ1) is 21.2. The molecule has 0 radical (unpaired) electrons. The number of rotatable bonds is 8. The van der Waals surface area contributed by atoms with E-state index in [0.29, 0.717) is 40.5 Å². The molecule has 2 rings (SSSR count). The quantitative estimate of drug-likeness (QED) is 0.421. The van der Waals surface area contributed by atoms with Crippen LogP contribution in [-0.4, -0.2) is 41.2 Å². The Morgan fingerprint density at radius 2 is 1.71 bits per heavy atom. The Kier molecular flexibility index (Phi) is 6.93. The van der Waals surface area contributed by atoms with Gasteiger partial charge in [-0.05, 0) is 42.3 Å². The van der Waals surface area contributed by atoms with Crippen molar-refractivity contribution in [1.29, 1.82) is 0 Å². The zero-order chi connectivity index (χ0) is 20.8. The molecular formula is C22H28N2O4. The molecule has 0 heterocycles. The summed E-state index contributed by atoms with van der Waals surface area (Å²) in [6.07, 6.45) is 2.45. The first-order valence-electron chi connectivity index (χ1n) is 8.98. The Morgan fingerprint density at radius 3 is 2.25 bits per heavy atom. The number of allylic oxidation sites excluding steroid dienone is 1. The van der Waals surface area contributed by atoms with Gasteiger partial charge < -0.3 is 24.8 Å². The van der Waals surface area contributed by atoms with Crippen molar-refractivity contribution in [3.8, 4) is 17.2 Å². The molecule has 6 heteroatoms. The number of hydrogen-bond donors (Lipinski definition) is 1. The third-order valence-corrected chi connectivity index (χ3v) is 4.50. The smallest absolute Gasteiger partial charge is 0.204 e. The van der Waals surface area contributed by atoms with Crippen LogP contribution in [0.15, 0.2) is 35.9 Å². The molecule has 0 aliphatic heterocycles. The van der Waals surface area contributed by atoms with E-state index in [1.807, 2.05) is 50.2 Å². The Balaban J connectivity index is 2.52. The number of nitrogen functional groups attached to an aromatic ring is 1. The van der Waals surface area contributed by atoms with Crippen LogP contribution in [0.3, 0.4) is 0 Å². The Labute approximate surface area is 166 Å². The van der Waals surface area contributed by atoms with Gasteiger partial charge >= 0.3 is 0 Å². The summed E-state index contributed by atoms with van der Waals surface area (Å²) < 4.78 is 16.2. The highest BCUT2D eigenvalue weighted by molar-refractivity contribution is 6.13. The van der Waals surface area contributed by atoms with Crippen LogP contribution in [0.1, 0.15) is 29.3 Å². The lowest BCUT2D eigenvalue weighted by molar-refractivity contribution is 0.102. The molecular weight excluding hydrogens is 356 g/mol. The van der Waals surface area contributed by atoms with Crippen molar-refractivity contribution in [3.05, 3.63) is 47.0 Å². The van der Waals surface area contributed by atoms with Crippen LogP contribution in [-0.2, 0) is 0 Å². The van der Waals surface area contributed by atoms with Gasteiger partial charge in [0.05, 0.1) is 38.3 Å². The van der Waals surface area contributed by atoms with Crippen molar-refractivity contribution in [2.24, 2.45) is 0 Å². The molecule has 0 saturated carbocycles. The zero-order valence-corrected chi connectivity index (χ0v) is 17.3. The summed E-state index contributed by atoms with van der Waals surface area (Å²) in [4.78, 5) is 15.2. The van der Waals surface area contributed by atoms with Gasteiger partial charge in [0.15, 0.2) is 17.3 Å². The van der Waals surface area contributed by atoms with E-state index >= 15 is 0 Å². The molecule has 150 valence electrons. The number of nitrogens with two attached hydrogens (primary N) is 1. The molecule has 2 N–H and O–H groups in total. The Hall–Kier alpha value is -3.15. The molecule has 28 heavy (non-hydrogen) atoms. The molecule has 0 fully saturated rings. The van der Waals surface area contributed by atoms with Crippen molar-refractivity contribution >= 4 is 23.2 Å². The van der Waals surface area contributed by atoms with Crippen LogP contribution in [0.2, 0.25) is 0 Å². The van der Waals surface area contributed by atoms with Gasteiger partial charge in [-0.2, -0.15) is 0 Å². The van der Waals surface area contributed by atoms with E-state index in [-0.39, 0.29) is 5.78 Å². The van der Waals surface area contributed by atoms with E-state index in [1.54, 1.807) is 19.2 Å². The van der Waals surface area contributed by atoms with Gasteiger partial charge in [0.2, 0.25) is 5.75 Å². The fourth-order valence-corrected chi connectivity index (χ4v) is 3.02. The van der Waals surface area contributed by atoms with Crippen molar-refractivity contribution in [1.82, 2.24) is 0 Å². The van der Waals surface area contributed by atoms with Gasteiger partial charge in [-0.1, -0.05) is 13.0 Å². The largest absolute Gasteiger partial charge is 0.493 e. The van der Waals surface area contributed by atoms with Crippen molar-refractivity contribution < 1.29 is 19.0 Å². The maximum absolute atomic E-state index is 13.2. The van der Waals surface area contributed by atoms with E-state index in [2.05, 4.69) is 0 Å². The number of anilines is 2. The van der Waals surface area contributed by atoms with Crippen LogP contribution < -0.4 is 24.8 Å². The Morgan fingerprint density at radius 1 is 1.04 bits per heavy atom. The molecule has 0 amide bonds. The molecule has 6 nitrogen and oxygen atoms in total. The normalized spacial score (nSPS) is 11.1. The third kappa shape index (κ3) is 4.22. The third-order valence-electron chi connectivity index (χ3n) is 4.50.